The lowest BCUT2D eigenvalue weighted by atomic mass is 10.1. The zero-order valence-electron chi connectivity index (χ0n) is 15.7. The first kappa shape index (κ1) is 20.9. The number of aromatic nitrogens is 1. The van der Waals surface area contributed by atoms with Gasteiger partial charge in [0.1, 0.15) is 29.5 Å². The molecule has 7 nitrogen and oxygen atoms in total. The topological polar surface area (TPSA) is 114 Å². The van der Waals surface area contributed by atoms with E-state index in [-0.39, 0.29) is 29.3 Å². The zero-order valence-corrected chi connectivity index (χ0v) is 15.7. The van der Waals surface area contributed by atoms with Crippen LogP contribution in [-0.4, -0.2) is 16.7 Å². The van der Waals surface area contributed by atoms with Crippen molar-refractivity contribution >= 4 is 22.7 Å². The highest BCUT2D eigenvalue weighted by Crippen LogP contribution is 2.32. The maximum atomic E-state index is 13.1. The first-order chi connectivity index (χ1) is 14.2. The van der Waals surface area contributed by atoms with Gasteiger partial charge in [-0.2, -0.15) is 13.2 Å². The summed E-state index contributed by atoms with van der Waals surface area (Å²) in [6.45, 7) is 1.25. The van der Waals surface area contributed by atoms with Crippen molar-refractivity contribution in [2.24, 2.45) is 5.73 Å². The molecule has 4 N–H and O–H groups in total. The predicted molar refractivity (Wildman–Crippen MR) is 103 cm³/mol. The van der Waals surface area contributed by atoms with Crippen LogP contribution in [0.15, 0.2) is 53.2 Å². The molecule has 1 amide bonds. The number of carbonyl (C=O) groups is 1. The van der Waals surface area contributed by atoms with E-state index >= 15 is 0 Å². The number of carbonyl (C=O) groups excluding carboxylic acids is 1. The number of nitrogens with two attached hydrogens (primary N) is 1. The second-order valence-electron chi connectivity index (χ2n) is 6.25. The fourth-order valence-corrected chi connectivity index (χ4v) is 2.82. The molecular formula is C20H17F3N4O3. The average Bonchev–Trinajstić information content (AvgIpc) is 3.00. The lowest BCUT2D eigenvalue weighted by Gasteiger charge is -2.12. The molecule has 0 bridgehead atoms. The number of benzene rings is 1. The van der Waals surface area contributed by atoms with Gasteiger partial charge in [-0.3, -0.25) is 15.2 Å². The molecule has 0 fully saturated rings. The number of halogens is 3. The summed E-state index contributed by atoms with van der Waals surface area (Å²) in [6, 6.07) is 7.29. The van der Waals surface area contributed by atoms with Crippen LogP contribution in [0.4, 0.5) is 13.2 Å². The number of alkyl halides is 3. The quantitative estimate of drug-likeness (QED) is 0.415. The number of furan rings is 1. The molecule has 0 aliphatic carbocycles. The molecule has 0 radical (unpaired) electrons. The first-order valence-electron chi connectivity index (χ1n) is 8.65. The van der Waals surface area contributed by atoms with E-state index in [0.29, 0.717) is 16.7 Å². The molecule has 10 heteroatoms. The van der Waals surface area contributed by atoms with Gasteiger partial charge in [0.2, 0.25) is 0 Å². The van der Waals surface area contributed by atoms with Gasteiger partial charge in [0.15, 0.2) is 5.69 Å². The Morgan fingerprint density at radius 3 is 2.83 bits per heavy atom. The fourth-order valence-electron chi connectivity index (χ4n) is 2.82. The molecule has 1 aromatic carbocycles. The van der Waals surface area contributed by atoms with E-state index in [1.54, 1.807) is 13.0 Å². The minimum atomic E-state index is -4.59. The van der Waals surface area contributed by atoms with Gasteiger partial charge < -0.3 is 20.2 Å². The lowest BCUT2D eigenvalue weighted by Crippen LogP contribution is -2.18. The lowest BCUT2D eigenvalue weighted by molar-refractivity contribution is -0.142. The molecule has 0 atom stereocenters. The van der Waals surface area contributed by atoms with Gasteiger partial charge in [-0.05, 0) is 37.3 Å². The Morgan fingerprint density at radius 1 is 1.37 bits per heavy atom. The Balaban J connectivity index is 1.86. The van der Waals surface area contributed by atoms with Crippen LogP contribution in [0.3, 0.4) is 0 Å². The predicted octanol–water partition coefficient (Wildman–Crippen LogP) is 3.91. The van der Waals surface area contributed by atoms with Crippen LogP contribution in [0.25, 0.3) is 11.0 Å². The van der Waals surface area contributed by atoms with Crippen molar-refractivity contribution in [2.75, 3.05) is 0 Å². The van der Waals surface area contributed by atoms with Gasteiger partial charge in [-0.25, -0.2) is 0 Å². The third-order valence-electron chi connectivity index (χ3n) is 4.09. The number of amidine groups is 1. The second-order valence-corrected chi connectivity index (χ2v) is 6.25. The molecule has 2 heterocycles. The maximum Gasteiger partial charge on any atom is 0.433 e. The Hall–Kier alpha value is -3.82. The van der Waals surface area contributed by atoms with E-state index in [1.165, 1.54) is 36.5 Å². The standard InChI is InChI=1S/C20H17F3N4O3/c1-11-17(19(28)27-8-6-16(24)25)14-9-13(4-5-15(14)30-11)29-10-12-3-2-7-26-18(12)20(21,22)23/h2-9H,10H2,1H3,(H3,24,25)(H,27,28)/b8-6-. The molecule has 0 saturated heterocycles. The highest BCUT2D eigenvalue weighted by atomic mass is 19.4. The van der Waals surface area contributed by atoms with Gasteiger partial charge in [-0.15, -0.1) is 0 Å². The third kappa shape index (κ3) is 4.59. The smallest absolute Gasteiger partial charge is 0.433 e. The highest BCUT2D eigenvalue weighted by Gasteiger charge is 2.35. The summed E-state index contributed by atoms with van der Waals surface area (Å²) in [4.78, 5) is 15.9. The van der Waals surface area contributed by atoms with Crippen LogP contribution in [0.1, 0.15) is 27.4 Å². The van der Waals surface area contributed by atoms with Gasteiger partial charge in [-0.1, -0.05) is 6.07 Å². The number of hydrogen-bond donors (Lipinski definition) is 3. The number of nitrogens with one attached hydrogen (secondary N) is 2. The van der Waals surface area contributed by atoms with Crippen LogP contribution < -0.4 is 15.8 Å². The molecule has 156 valence electrons. The number of ether oxygens (including phenoxy) is 1. The summed E-state index contributed by atoms with van der Waals surface area (Å²) in [5.74, 6) is -0.114. The largest absolute Gasteiger partial charge is 0.489 e. The van der Waals surface area contributed by atoms with E-state index in [9.17, 15) is 18.0 Å². The average molecular weight is 418 g/mol. The SMILES string of the molecule is Cc1oc2ccc(OCc3cccnc3C(F)(F)F)cc2c1C(=O)N/C=C\C(=N)N. The Bertz CT molecular complexity index is 1140. The molecule has 3 rings (SSSR count). The molecule has 0 unspecified atom stereocenters. The van der Waals surface area contributed by atoms with E-state index in [1.807, 2.05) is 0 Å². The Labute approximate surface area is 168 Å². The van der Waals surface area contributed by atoms with Gasteiger partial charge in [0.05, 0.1) is 5.56 Å². The Kier molecular flexibility index (Phi) is 5.77. The van der Waals surface area contributed by atoms with Crippen LogP contribution in [0.2, 0.25) is 0 Å². The molecule has 2 aromatic heterocycles. The van der Waals surface area contributed by atoms with Gasteiger partial charge in [0, 0.05) is 23.3 Å². The molecule has 0 aliphatic rings. The fraction of sp³-hybridized carbons (Fsp3) is 0.150. The third-order valence-corrected chi connectivity index (χ3v) is 4.09. The molecule has 0 aliphatic heterocycles. The summed E-state index contributed by atoms with van der Waals surface area (Å²) in [6.07, 6.45) is -1.09. The number of nitrogens with zero attached hydrogens (tertiary/aromatic N) is 1. The summed E-state index contributed by atoms with van der Waals surface area (Å²) in [5, 5.41) is 10.0. The van der Waals surface area contributed by atoms with E-state index < -0.39 is 17.8 Å². The van der Waals surface area contributed by atoms with Crippen molar-refractivity contribution in [1.29, 1.82) is 5.41 Å². The van der Waals surface area contributed by atoms with Crippen LogP contribution >= 0.6 is 0 Å². The highest BCUT2D eigenvalue weighted by molar-refractivity contribution is 6.08. The van der Waals surface area contributed by atoms with E-state index in [4.69, 9.17) is 20.3 Å². The number of pyridine rings is 1. The van der Waals surface area contributed by atoms with Crippen LogP contribution in [-0.2, 0) is 12.8 Å². The van der Waals surface area contributed by atoms with Crippen molar-refractivity contribution in [3.8, 4) is 5.75 Å². The molecule has 0 saturated carbocycles. The molecular weight excluding hydrogens is 401 g/mol. The molecule has 30 heavy (non-hydrogen) atoms. The number of fused-ring (bicyclic) bond motifs is 1. The summed E-state index contributed by atoms with van der Waals surface area (Å²) < 4.78 is 50.3. The summed E-state index contributed by atoms with van der Waals surface area (Å²) in [7, 11) is 0. The Morgan fingerprint density at radius 2 is 2.13 bits per heavy atom. The van der Waals surface area contributed by atoms with Crippen molar-refractivity contribution in [2.45, 2.75) is 19.7 Å². The van der Waals surface area contributed by atoms with Crippen molar-refractivity contribution in [3.63, 3.8) is 0 Å². The number of aryl methyl sites for hydroxylation is 1. The molecule has 3 aromatic rings. The monoisotopic (exact) mass is 418 g/mol. The van der Waals surface area contributed by atoms with Gasteiger partial charge in [0.25, 0.3) is 5.91 Å². The van der Waals surface area contributed by atoms with Crippen molar-refractivity contribution in [3.05, 3.63) is 71.4 Å². The summed E-state index contributed by atoms with van der Waals surface area (Å²) in [5.41, 5.74) is 4.72. The van der Waals surface area contributed by atoms with Crippen molar-refractivity contribution in [1.82, 2.24) is 10.3 Å². The maximum absolute atomic E-state index is 13.1. The molecule has 0 spiro atoms. The number of hydrogen-bond acceptors (Lipinski definition) is 5. The zero-order chi connectivity index (χ0) is 21.9. The number of amides is 1. The van der Waals surface area contributed by atoms with Crippen LogP contribution in [0.5, 0.6) is 5.75 Å². The van der Waals surface area contributed by atoms with Gasteiger partial charge >= 0.3 is 6.18 Å². The summed E-state index contributed by atoms with van der Waals surface area (Å²) >= 11 is 0. The van der Waals surface area contributed by atoms with Crippen molar-refractivity contribution < 1.29 is 27.1 Å². The minimum absolute atomic E-state index is 0.110. The van der Waals surface area contributed by atoms with Crippen LogP contribution in [0, 0.1) is 12.3 Å². The van der Waals surface area contributed by atoms with E-state index in [2.05, 4.69) is 10.3 Å². The normalized spacial score (nSPS) is 11.7. The van der Waals surface area contributed by atoms with E-state index in [0.717, 1.165) is 6.20 Å². The first-order valence-corrected chi connectivity index (χ1v) is 8.65. The second kappa shape index (κ2) is 8.27. The number of rotatable bonds is 6. The minimum Gasteiger partial charge on any atom is -0.489 e.